The van der Waals surface area contributed by atoms with Crippen LogP contribution in [0.3, 0.4) is 0 Å². The van der Waals surface area contributed by atoms with Gasteiger partial charge in [-0.1, -0.05) is 0 Å². The summed E-state index contributed by atoms with van der Waals surface area (Å²) in [6.07, 6.45) is 1.66. The first-order chi connectivity index (χ1) is 9.65. The van der Waals surface area contributed by atoms with E-state index < -0.39 is 0 Å². The Morgan fingerprint density at radius 3 is 3.00 bits per heavy atom. The summed E-state index contributed by atoms with van der Waals surface area (Å²) in [7, 11) is 0. The van der Waals surface area contributed by atoms with E-state index in [9.17, 15) is 9.59 Å². The number of fused-ring (bicyclic) bond motifs is 1. The summed E-state index contributed by atoms with van der Waals surface area (Å²) in [6.45, 7) is 3.42. The van der Waals surface area contributed by atoms with Crippen LogP contribution in [0.2, 0.25) is 0 Å². The molecule has 1 aliphatic heterocycles. The molecular weight excluding hydrogens is 278 g/mol. The van der Waals surface area contributed by atoms with Gasteiger partial charge in [-0.3, -0.25) is 4.79 Å². The zero-order chi connectivity index (χ0) is 14.5. The van der Waals surface area contributed by atoms with Crippen LogP contribution in [0.15, 0.2) is 6.07 Å². The average molecular weight is 297 g/mol. The highest BCUT2D eigenvalue weighted by Crippen LogP contribution is 2.29. The summed E-state index contributed by atoms with van der Waals surface area (Å²) in [4.78, 5) is 27.2. The van der Waals surface area contributed by atoms with Crippen molar-refractivity contribution in [3.8, 4) is 0 Å². The Balaban J connectivity index is 2.03. The first kappa shape index (κ1) is 15.0. The van der Waals surface area contributed by atoms with Crippen LogP contribution in [0.4, 0.5) is 0 Å². The molecule has 1 aromatic rings. The highest BCUT2D eigenvalue weighted by atomic mass is 32.1. The van der Waals surface area contributed by atoms with E-state index in [0.717, 1.165) is 12.0 Å². The molecule has 0 aromatic carbocycles. The molecule has 1 N–H and O–H groups in total. The van der Waals surface area contributed by atoms with Gasteiger partial charge in [0.25, 0.3) is 0 Å². The number of aliphatic hydroxyl groups excluding tert-OH is 1. The normalized spacial score (nSPS) is 14.0. The SMILES string of the molecule is CCOC(=O)c1cc2c(s1)CCN(C(=O)CCCO)C2. The molecule has 0 bridgehead atoms. The molecule has 0 aliphatic carbocycles. The smallest absolute Gasteiger partial charge is 0.348 e. The van der Waals surface area contributed by atoms with Crippen LogP contribution in [0.5, 0.6) is 0 Å². The first-order valence-electron chi connectivity index (χ1n) is 6.83. The van der Waals surface area contributed by atoms with Gasteiger partial charge < -0.3 is 14.7 Å². The number of nitrogens with zero attached hydrogens (tertiary/aromatic N) is 1. The Labute approximate surface area is 122 Å². The Kier molecular flexibility index (Phi) is 5.14. The molecule has 0 saturated heterocycles. The molecule has 6 heteroatoms. The van der Waals surface area contributed by atoms with Crippen molar-refractivity contribution in [3.63, 3.8) is 0 Å². The molecule has 1 amide bonds. The van der Waals surface area contributed by atoms with E-state index in [4.69, 9.17) is 9.84 Å². The van der Waals surface area contributed by atoms with Crippen molar-refractivity contribution in [1.29, 1.82) is 0 Å². The van der Waals surface area contributed by atoms with Gasteiger partial charge in [0, 0.05) is 31.0 Å². The van der Waals surface area contributed by atoms with E-state index in [0.29, 0.717) is 37.4 Å². The second-order valence-electron chi connectivity index (χ2n) is 4.67. The van der Waals surface area contributed by atoms with E-state index in [-0.39, 0.29) is 18.5 Å². The Hall–Kier alpha value is -1.40. The van der Waals surface area contributed by atoms with Crippen molar-refractivity contribution >= 4 is 23.2 Å². The van der Waals surface area contributed by atoms with Crippen molar-refractivity contribution < 1.29 is 19.4 Å². The number of thiophene rings is 1. The largest absolute Gasteiger partial charge is 0.462 e. The Bertz CT molecular complexity index is 497. The van der Waals surface area contributed by atoms with Crippen molar-refractivity contribution in [3.05, 3.63) is 21.4 Å². The summed E-state index contributed by atoms with van der Waals surface area (Å²) < 4.78 is 5.00. The van der Waals surface area contributed by atoms with E-state index >= 15 is 0 Å². The number of aliphatic hydroxyl groups is 1. The fourth-order valence-corrected chi connectivity index (χ4v) is 3.29. The minimum Gasteiger partial charge on any atom is -0.462 e. The zero-order valence-corrected chi connectivity index (χ0v) is 12.4. The lowest BCUT2D eigenvalue weighted by Crippen LogP contribution is -2.35. The lowest BCUT2D eigenvalue weighted by molar-refractivity contribution is -0.132. The van der Waals surface area contributed by atoms with E-state index in [2.05, 4.69) is 0 Å². The van der Waals surface area contributed by atoms with E-state index in [1.807, 2.05) is 6.07 Å². The molecule has 0 radical (unpaired) electrons. The minimum atomic E-state index is -0.287. The van der Waals surface area contributed by atoms with Gasteiger partial charge in [0.05, 0.1) is 6.61 Å². The number of ether oxygens (including phenoxy) is 1. The third kappa shape index (κ3) is 3.37. The highest BCUT2D eigenvalue weighted by molar-refractivity contribution is 7.14. The maximum absolute atomic E-state index is 11.9. The van der Waals surface area contributed by atoms with Gasteiger partial charge in [0.2, 0.25) is 5.91 Å². The topological polar surface area (TPSA) is 66.8 Å². The summed E-state index contributed by atoms with van der Waals surface area (Å²) in [6, 6.07) is 1.84. The molecule has 110 valence electrons. The maximum Gasteiger partial charge on any atom is 0.348 e. The van der Waals surface area contributed by atoms with Gasteiger partial charge in [0.15, 0.2) is 0 Å². The van der Waals surface area contributed by atoms with Crippen LogP contribution in [0.25, 0.3) is 0 Å². The third-order valence-electron chi connectivity index (χ3n) is 3.24. The number of hydrogen-bond donors (Lipinski definition) is 1. The predicted octanol–water partition coefficient (Wildman–Crippen LogP) is 1.58. The van der Waals surface area contributed by atoms with Crippen LogP contribution < -0.4 is 0 Å². The van der Waals surface area contributed by atoms with Crippen molar-refractivity contribution in [2.75, 3.05) is 19.8 Å². The molecule has 1 aliphatic rings. The summed E-state index contributed by atoms with van der Waals surface area (Å²) in [5.74, 6) is -0.223. The van der Waals surface area contributed by atoms with Crippen LogP contribution in [-0.2, 0) is 22.5 Å². The summed E-state index contributed by atoms with van der Waals surface area (Å²) in [5, 5.41) is 8.77. The molecule has 2 rings (SSSR count). The summed E-state index contributed by atoms with van der Waals surface area (Å²) >= 11 is 1.46. The van der Waals surface area contributed by atoms with Crippen LogP contribution in [0, 0.1) is 0 Å². The first-order valence-corrected chi connectivity index (χ1v) is 7.64. The fraction of sp³-hybridized carbons (Fsp3) is 0.571. The number of hydrogen-bond acceptors (Lipinski definition) is 5. The fourth-order valence-electron chi connectivity index (χ4n) is 2.24. The molecule has 20 heavy (non-hydrogen) atoms. The lowest BCUT2D eigenvalue weighted by Gasteiger charge is -2.26. The molecular formula is C14H19NO4S. The standard InChI is InChI=1S/C14H19NO4S/c1-2-19-14(18)12-8-10-9-15(6-5-11(10)20-12)13(17)4-3-7-16/h8,16H,2-7,9H2,1H3. The predicted molar refractivity (Wildman–Crippen MR) is 75.7 cm³/mol. The quantitative estimate of drug-likeness (QED) is 0.838. The van der Waals surface area contributed by atoms with Crippen LogP contribution in [0.1, 0.15) is 39.9 Å². The number of esters is 1. The van der Waals surface area contributed by atoms with Gasteiger partial charge in [-0.2, -0.15) is 0 Å². The molecule has 0 unspecified atom stereocenters. The van der Waals surface area contributed by atoms with E-state index in [1.54, 1.807) is 11.8 Å². The molecule has 5 nitrogen and oxygen atoms in total. The highest BCUT2D eigenvalue weighted by Gasteiger charge is 2.24. The lowest BCUT2D eigenvalue weighted by atomic mass is 10.1. The molecule has 0 fully saturated rings. The number of carbonyl (C=O) groups is 2. The molecule has 0 atom stereocenters. The second-order valence-corrected chi connectivity index (χ2v) is 5.81. The third-order valence-corrected chi connectivity index (χ3v) is 4.46. The van der Waals surface area contributed by atoms with E-state index in [1.165, 1.54) is 16.2 Å². The Morgan fingerprint density at radius 1 is 1.50 bits per heavy atom. The van der Waals surface area contributed by atoms with Crippen LogP contribution >= 0.6 is 11.3 Å². The number of carbonyl (C=O) groups excluding carboxylic acids is 2. The van der Waals surface area contributed by atoms with Crippen molar-refractivity contribution in [2.45, 2.75) is 32.7 Å². The minimum absolute atomic E-state index is 0.0380. The van der Waals surface area contributed by atoms with Gasteiger partial charge >= 0.3 is 5.97 Å². The average Bonchev–Trinajstić information content (AvgIpc) is 2.88. The number of rotatable bonds is 5. The second kappa shape index (κ2) is 6.85. The zero-order valence-electron chi connectivity index (χ0n) is 11.6. The van der Waals surface area contributed by atoms with Gasteiger partial charge in [-0.15, -0.1) is 11.3 Å². The Morgan fingerprint density at radius 2 is 2.30 bits per heavy atom. The van der Waals surface area contributed by atoms with Crippen molar-refractivity contribution in [1.82, 2.24) is 4.90 Å². The summed E-state index contributed by atoms with van der Waals surface area (Å²) in [5.41, 5.74) is 1.04. The molecule has 0 spiro atoms. The van der Waals surface area contributed by atoms with Crippen molar-refractivity contribution in [2.24, 2.45) is 0 Å². The molecule has 0 saturated carbocycles. The molecule has 1 aromatic heterocycles. The van der Waals surface area contributed by atoms with Gasteiger partial charge in [-0.05, 0) is 31.4 Å². The monoisotopic (exact) mass is 297 g/mol. The molecule has 2 heterocycles. The van der Waals surface area contributed by atoms with Crippen LogP contribution in [-0.4, -0.2) is 41.6 Å². The van der Waals surface area contributed by atoms with Gasteiger partial charge in [0.1, 0.15) is 4.88 Å². The number of amides is 1. The maximum atomic E-state index is 11.9. The van der Waals surface area contributed by atoms with Gasteiger partial charge in [-0.25, -0.2) is 4.79 Å².